The van der Waals surface area contributed by atoms with Crippen LogP contribution in [0.5, 0.6) is 11.5 Å². The van der Waals surface area contributed by atoms with E-state index in [9.17, 15) is 4.79 Å². The molecule has 6 heteroatoms. The van der Waals surface area contributed by atoms with Crippen molar-refractivity contribution in [3.05, 3.63) is 53.2 Å². The average molecular weight is 424 g/mol. The van der Waals surface area contributed by atoms with Gasteiger partial charge in [-0.1, -0.05) is 30.2 Å². The first-order valence-corrected chi connectivity index (χ1v) is 11.1. The number of ether oxygens (including phenoxy) is 1. The molecule has 0 N–H and O–H groups in total. The van der Waals surface area contributed by atoms with Crippen LogP contribution in [0.3, 0.4) is 0 Å². The Kier molecular flexibility index (Phi) is 5.17. The number of aromatic nitrogens is 1. The predicted molar refractivity (Wildman–Crippen MR) is 121 cm³/mol. The van der Waals surface area contributed by atoms with Gasteiger partial charge in [-0.2, -0.15) is 0 Å². The van der Waals surface area contributed by atoms with Crippen LogP contribution in [-0.2, 0) is 6.54 Å². The van der Waals surface area contributed by atoms with Crippen molar-refractivity contribution < 1.29 is 9.53 Å². The van der Waals surface area contributed by atoms with Crippen LogP contribution in [0, 0.1) is 0 Å². The van der Waals surface area contributed by atoms with Gasteiger partial charge in [-0.15, -0.1) is 0 Å². The normalized spacial score (nSPS) is 16.9. The molecular weight excluding hydrogens is 398 g/mol. The standard InChI is InChI=1S/C24H26ClN3O2/c1-26-19-8-3-4-9-21(19)30-23-18-11-10-17(25)16-20(18)28(22(23)24(26)29)15-7-14-27-12-5-2-6-13-27/h3-4,8-11,16H,2,5-7,12-15H2,1H3. The van der Waals surface area contributed by atoms with Crippen molar-refractivity contribution in [2.24, 2.45) is 0 Å². The highest BCUT2D eigenvalue weighted by atomic mass is 35.5. The summed E-state index contributed by atoms with van der Waals surface area (Å²) in [6.45, 7) is 4.15. The van der Waals surface area contributed by atoms with E-state index in [1.54, 1.807) is 4.90 Å². The number of carbonyl (C=O) groups excluding carboxylic acids is 1. The first kappa shape index (κ1) is 19.5. The maximum Gasteiger partial charge on any atom is 0.278 e. The molecule has 1 fully saturated rings. The van der Waals surface area contributed by atoms with Gasteiger partial charge in [-0.25, -0.2) is 0 Å². The molecular formula is C24H26ClN3O2. The summed E-state index contributed by atoms with van der Waals surface area (Å²) in [5.74, 6) is 1.26. The van der Waals surface area contributed by atoms with Gasteiger partial charge in [0.1, 0.15) is 0 Å². The molecule has 0 unspecified atom stereocenters. The van der Waals surface area contributed by atoms with Crippen molar-refractivity contribution in [2.75, 3.05) is 31.6 Å². The van der Waals surface area contributed by atoms with Crippen LogP contribution in [0.25, 0.3) is 10.9 Å². The fourth-order valence-electron chi connectivity index (χ4n) is 4.67. The second-order valence-electron chi connectivity index (χ2n) is 8.18. The summed E-state index contributed by atoms with van der Waals surface area (Å²) in [6, 6.07) is 13.4. The number of rotatable bonds is 4. The van der Waals surface area contributed by atoms with E-state index in [0.29, 0.717) is 22.2 Å². The van der Waals surface area contributed by atoms with Gasteiger partial charge in [0.2, 0.25) is 0 Å². The number of carbonyl (C=O) groups is 1. The molecule has 1 saturated heterocycles. The van der Waals surface area contributed by atoms with Gasteiger partial charge >= 0.3 is 0 Å². The van der Waals surface area contributed by atoms with E-state index < -0.39 is 0 Å². The lowest BCUT2D eigenvalue weighted by atomic mass is 10.1. The van der Waals surface area contributed by atoms with Gasteiger partial charge in [0.15, 0.2) is 17.2 Å². The summed E-state index contributed by atoms with van der Waals surface area (Å²) in [5, 5.41) is 1.58. The predicted octanol–water partition coefficient (Wildman–Crippen LogP) is 5.55. The van der Waals surface area contributed by atoms with Gasteiger partial charge in [0, 0.05) is 24.0 Å². The zero-order chi connectivity index (χ0) is 20.7. The lowest BCUT2D eigenvalue weighted by Gasteiger charge is -2.26. The van der Waals surface area contributed by atoms with Gasteiger partial charge < -0.3 is 19.1 Å². The Hall–Kier alpha value is -2.50. The number of aryl methyl sites for hydroxylation is 1. The lowest BCUT2D eigenvalue weighted by Crippen LogP contribution is -2.31. The number of hydrogen-bond donors (Lipinski definition) is 0. The minimum Gasteiger partial charge on any atom is -0.452 e. The van der Waals surface area contributed by atoms with Crippen molar-refractivity contribution in [2.45, 2.75) is 32.2 Å². The Bertz CT molecular complexity index is 1100. The highest BCUT2D eigenvalue weighted by Gasteiger charge is 2.32. The highest BCUT2D eigenvalue weighted by Crippen LogP contribution is 2.44. The number of anilines is 1. The van der Waals surface area contributed by atoms with Crippen molar-refractivity contribution in [1.82, 2.24) is 9.47 Å². The number of hydrogen-bond acceptors (Lipinski definition) is 3. The average Bonchev–Trinajstić information content (AvgIpc) is 3.00. The van der Waals surface area contributed by atoms with E-state index in [4.69, 9.17) is 16.3 Å². The third-order valence-electron chi connectivity index (χ3n) is 6.23. The van der Waals surface area contributed by atoms with Crippen LogP contribution in [0.15, 0.2) is 42.5 Å². The van der Waals surface area contributed by atoms with E-state index in [1.807, 2.05) is 49.5 Å². The third-order valence-corrected chi connectivity index (χ3v) is 6.47. The zero-order valence-corrected chi connectivity index (χ0v) is 18.0. The van der Waals surface area contributed by atoms with Crippen LogP contribution >= 0.6 is 11.6 Å². The van der Waals surface area contributed by atoms with Crippen molar-refractivity contribution in [3.63, 3.8) is 0 Å². The number of halogens is 1. The molecule has 2 aliphatic heterocycles. The van der Waals surface area contributed by atoms with E-state index in [2.05, 4.69) is 9.47 Å². The molecule has 156 valence electrons. The van der Waals surface area contributed by atoms with Gasteiger partial charge in [-0.3, -0.25) is 4.79 Å². The second kappa shape index (κ2) is 7.97. The summed E-state index contributed by atoms with van der Waals surface area (Å²) in [4.78, 5) is 17.7. The molecule has 1 aromatic heterocycles. The summed E-state index contributed by atoms with van der Waals surface area (Å²) in [6.07, 6.45) is 4.88. The Morgan fingerprint density at radius 3 is 2.67 bits per heavy atom. The van der Waals surface area contributed by atoms with Gasteiger partial charge in [-0.05, 0) is 69.2 Å². The number of benzene rings is 2. The summed E-state index contributed by atoms with van der Waals surface area (Å²) < 4.78 is 8.44. The van der Waals surface area contributed by atoms with Crippen LogP contribution in [0.4, 0.5) is 5.69 Å². The van der Waals surface area contributed by atoms with Gasteiger partial charge in [0.25, 0.3) is 5.91 Å². The molecule has 0 bridgehead atoms. The molecule has 0 radical (unpaired) electrons. The summed E-state index contributed by atoms with van der Waals surface area (Å²) in [7, 11) is 1.81. The first-order chi connectivity index (χ1) is 14.6. The highest BCUT2D eigenvalue weighted by molar-refractivity contribution is 6.31. The van der Waals surface area contributed by atoms with E-state index in [-0.39, 0.29) is 5.91 Å². The van der Waals surface area contributed by atoms with Crippen LogP contribution in [0.1, 0.15) is 36.2 Å². The number of amides is 1. The Morgan fingerprint density at radius 2 is 1.83 bits per heavy atom. The maximum atomic E-state index is 13.5. The molecule has 2 aromatic carbocycles. The minimum absolute atomic E-state index is 0.0553. The molecule has 0 atom stereocenters. The third kappa shape index (κ3) is 3.36. The number of fused-ring (bicyclic) bond motifs is 4. The minimum atomic E-state index is -0.0553. The van der Waals surface area contributed by atoms with E-state index >= 15 is 0 Å². The number of likely N-dealkylation sites (tertiary alicyclic amines) is 1. The van der Waals surface area contributed by atoms with Crippen molar-refractivity contribution in [3.8, 4) is 11.5 Å². The topological polar surface area (TPSA) is 37.7 Å². The van der Waals surface area contributed by atoms with Crippen molar-refractivity contribution in [1.29, 1.82) is 0 Å². The number of nitrogens with zero attached hydrogens (tertiary/aromatic N) is 3. The monoisotopic (exact) mass is 423 g/mol. The zero-order valence-electron chi connectivity index (χ0n) is 17.2. The SMILES string of the molecule is CN1C(=O)c2c(c3ccc(Cl)cc3n2CCCN2CCCCC2)Oc2ccccc21. The molecule has 3 aromatic rings. The molecule has 5 rings (SSSR count). The van der Waals surface area contributed by atoms with E-state index in [1.165, 1.54) is 32.4 Å². The fraction of sp³-hybridized carbons (Fsp3) is 0.375. The molecule has 1 amide bonds. The van der Waals surface area contributed by atoms with E-state index in [0.717, 1.165) is 36.1 Å². The summed E-state index contributed by atoms with van der Waals surface area (Å²) in [5.41, 5.74) is 2.33. The van der Waals surface area contributed by atoms with Crippen molar-refractivity contribution >= 4 is 34.1 Å². The lowest BCUT2D eigenvalue weighted by molar-refractivity contribution is 0.0984. The quantitative estimate of drug-likeness (QED) is 0.551. The number of piperidine rings is 1. The van der Waals surface area contributed by atoms with Crippen LogP contribution < -0.4 is 9.64 Å². The summed E-state index contributed by atoms with van der Waals surface area (Å²) >= 11 is 6.33. The molecule has 0 spiro atoms. The molecule has 2 aliphatic rings. The Labute approximate surface area is 181 Å². The number of para-hydroxylation sites is 2. The van der Waals surface area contributed by atoms with Crippen LogP contribution in [0.2, 0.25) is 5.02 Å². The molecule has 30 heavy (non-hydrogen) atoms. The maximum absolute atomic E-state index is 13.5. The van der Waals surface area contributed by atoms with Crippen LogP contribution in [-0.4, -0.2) is 42.1 Å². The van der Waals surface area contributed by atoms with Gasteiger partial charge in [0.05, 0.1) is 11.2 Å². The molecule has 0 saturated carbocycles. The fourth-order valence-corrected chi connectivity index (χ4v) is 4.84. The molecule has 5 nitrogen and oxygen atoms in total. The smallest absolute Gasteiger partial charge is 0.278 e. The second-order valence-corrected chi connectivity index (χ2v) is 8.62. The molecule has 0 aliphatic carbocycles. The Morgan fingerprint density at radius 1 is 1.03 bits per heavy atom. The first-order valence-electron chi connectivity index (χ1n) is 10.7. The molecule has 3 heterocycles. The Balaban J connectivity index is 1.56. The largest absolute Gasteiger partial charge is 0.452 e.